The average molecular weight is 1050 g/mol. The first-order valence-corrected chi connectivity index (χ1v) is 33.7. The van der Waals surface area contributed by atoms with Crippen LogP contribution in [-0.4, -0.2) is 47.4 Å². The lowest BCUT2D eigenvalue weighted by Gasteiger charge is -2.22. The van der Waals surface area contributed by atoms with Crippen LogP contribution in [0.15, 0.2) is 36.5 Å². The summed E-state index contributed by atoms with van der Waals surface area (Å²) < 4.78 is 5.47. The van der Waals surface area contributed by atoms with Gasteiger partial charge in [-0.25, -0.2) is 0 Å². The molecule has 6 heteroatoms. The van der Waals surface area contributed by atoms with Crippen LogP contribution in [0.3, 0.4) is 0 Å². The second kappa shape index (κ2) is 64.6. The Morgan fingerprint density at radius 2 is 0.667 bits per heavy atom. The number of amides is 1. The highest BCUT2D eigenvalue weighted by atomic mass is 16.5. The fraction of sp³-hybridized carbons (Fsp3) is 0.884. The molecule has 0 aliphatic heterocycles. The Hall–Kier alpha value is -1.92. The highest BCUT2D eigenvalue weighted by Crippen LogP contribution is 2.18. The first-order chi connectivity index (χ1) is 37.0. The van der Waals surface area contributed by atoms with Crippen LogP contribution in [0.1, 0.15) is 367 Å². The molecule has 0 saturated carbocycles. The lowest BCUT2D eigenvalue weighted by molar-refractivity contribution is -0.143. The summed E-state index contributed by atoms with van der Waals surface area (Å²) >= 11 is 0. The SMILES string of the molecule is CCCCCC/C=C\CCCCCCCC(=O)OCCCCCCCCCCC/C=C\C/C=C\CCCCCCCCCCCCCC(=O)NC(CO)C(O)CCCCCCCCCCCCCCCCCCCC. The Labute approximate surface area is 468 Å². The van der Waals surface area contributed by atoms with Crippen LogP contribution in [0.5, 0.6) is 0 Å². The Bertz CT molecular complexity index is 1210. The third kappa shape index (κ3) is 61.2. The van der Waals surface area contributed by atoms with E-state index in [0.29, 0.717) is 25.9 Å². The van der Waals surface area contributed by atoms with Gasteiger partial charge in [-0.05, 0) is 83.5 Å². The van der Waals surface area contributed by atoms with Crippen LogP contribution in [-0.2, 0) is 14.3 Å². The molecule has 0 aromatic heterocycles. The van der Waals surface area contributed by atoms with Crippen LogP contribution >= 0.6 is 0 Å². The van der Waals surface area contributed by atoms with Crippen molar-refractivity contribution in [1.29, 1.82) is 0 Å². The molecule has 442 valence electrons. The maximum absolute atomic E-state index is 12.5. The molecular weight excluding hydrogens is 923 g/mol. The van der Waals surface area contributed by atoms with Crippen LogP contribution < -0.4 is 5.32 Å². The van der Waals surface area contributed by atoms with Crippen molar-refractivity contribution >= 4 is 11.9 Å². The maximum atomic E-state index is 12.5. The van der Waals surface area contributed by atoms with Crippen molar-refractivity contribution in [2.45, 2.75) is 379 Å². The molecule has 0 heterocycles. The summed E-state index contributed by atoms with van der Waals surface area (Å²) in [6.45, 7) is 4.96. The monoisotopic (exact) mass is 1050 g/mol. The third-order valence-corrected chi connectivity index (χ3v) is 15.7. The maximum Gasteiger partial charge on any atom is 0.305 e. The minimum atomic E-state index is -0.667. The van der Waals surface area contributed by atoms with Gasteiger partial charge in [-0.3, -0.25) is 9.59 Å². The highest BCUT2D eigenvalue weighted by Gasteiger charge is 2.20. The van der Waals surface area contributed by atoms with E-state index < -0.39 is 12.1 Å². The number of esters is 1. The number of carbonyl (C=O) groups is 2. The molecule has 0 aliphatic rings. The minimum absolute atomic E-state index is 0.00162. The van der Waals surface area contributed by atoms with Gasteiger partial charge in [0.2, 0.25) is 5.91 Å². The van der Waals surface area contributed by atoms with Gasteiger partial charge >= 0.3 is 5.97 Å². The Morgan fingerprint density at radius 1 is 0.373 bits per heavy atom. The van der Waals surface area contributed by atoms with Gasteiger partial charge in [0.25, 0.3) is 0 Å². The molecule has 3 N–H and O–H groups in total. The number of carbonyl (C=O) groups excluding carboxylic acids is 2. The zero-order valence-electron chi connectivity index (χ0n) is 50.5. The van der Waals surface area contributed by atoms with Crippen molar-refractivity contribution in [3.05, 3.63) is 36.5 Å². The molecule has 0 bridgehead atoms. The predicted molar refractivity (Wildman–Crippen MR) is 329 cm³/mol. The van der Waals surface area contributed by atoms with Crippen molar-refractivity contribution in [2.75, 3.05) is 13.2 Å². The van der Waals surface area contributed by atoms with E-state index in [2.05, 4.69) is 55.6 Å². The van der Waals surface area contributed by atoms with E-state index in [0.717, 1.165) is 51.4 Å². The lowest BCUT2D eigenvalue weighted by atomic mass is 10.0. The number of allylic oxidation sites excluding steroid dienone is 6. The molecule has 75 heavy (non-hydrogen) atoms. The number of unbranched alkanes of at least 4 members (excludes halogenated alkanes) is 46. The lowest BCUT2D eigenvalue weighted by Crippen LogP contribution is -2.45. The average Bonchev–Trinajstić information content (AvgIpc) is 3.41. The van der Waals surface area contributed by atoms with Gasteiger partial charge in [-0.1, -0.05) is 307 Å². The quantitative estimate of drug-likeness (QED) is 0.0320. The molecule has 0 fully saturated rings. The van der Waals surface area contributed by atoms with Gasteiger partial charge in [-0.15, -0.1) is 0 Å². The Morgan fingerprint density at radius 3 is 1.04 bits per heavy atom. The molecule has 0 aliphatic carbocycles. The first-order valence-electron chi connectivity index (χ1n) is 33.7. The summed E-state index contributed by atoms with van der Waals surface area (Å²) in [5.41, 5.74) is 0. The number of aliphatic hydroxyl groups is 2. The van der Waals surface area contributed by atoms with Crippen molar-refractivity contribution in [3.63, 3.8) is 0 Å². The van der Waals surface area contributed by atoms with Crippen molar-refractivity contribution in [1.82, 2.24) is 5.32 Å². The standard InChI is InChI=1S/C69H131NO5/c1-3-5-7-9-11-13-15-17-18-19-31-34-38-41-45-49-53-57-61-67(72)66(65-71)70-68(73)62-58-54-50-46-42-39-35-32-29-27-25-23-21-20-22-24-26-28-30-33-36-40-44-48-52-56-60-64-75-69(74)63-59-55-51-47-43-37-16-14-12-10-8-6-4-2/h14,16,20-21,24,26,66-67,71-72H,3-13,15,17-19,22-23,25,27-65H2,1-2H3,(H,70,73)/b16-14-,21-20-,26-24-. The number of hydrogen-bond donors (Lipinski definition) is 3. The summed E-state index contributed by atoms with van der Waals surface area (Å²) in [7, 11) is 0. The van der Waals surface area contributed by atoms with Gasteiger partial charge in [0.1, 0.15) is 0 Å². The second-order valence-electron chi connectivity index (χ2n) is 23.1. The number of aliphatic hydroxyl groups excluding tert-OH is 2. The fourth-order valence-electron chi connectivity index (χ4n) is 10.5. The smallest absolute Gasteiger partial charge is 0.305 e. The molecule has 0 aromatic carbocycles. The van der Waals surface area contributed by atoms with Crippen LogP contribution in [0.4, 0.5) is 0 Å². The molecule has 2 unspecified atom stereocenters. The molecule has 0 saturated heterocycles. The minimum Gasteiger partial charge on any atom is -0.466 e. The summed E-state index contributed by atoms with van der Waals surface area (Å²) in [6.07, 6.45) is 81.7. The molecule has 6 nitrogen and oxygen atoms in total. The third-order valence-electron chi connectivity index (χ3n) is 15.7. The van der Waals surface area contributed by atoms with E-state index in [4.69, 9.17) is 4.74 Å². The van der Waals surface area contributed by atoms with Gasteiger partial charge < -0.3 is 20.3 Å². The number of hydrogen-bond acceptors (Lipinski definition) is 5. The second-order valence-corrected chi connectivity index (χ2v) is 23.1. The normalized spacial score (nSPS) is 12.7. The van der Waals surface area contributed by atoms with Crippen LogP contribution in [0.25, 0.3) is 0 Å². The van der Waals surface area contributed by atoms with Gasteiger partial charge in [0.05, 0.1) is 25.4 Å². The van der Waals surface area contributed by atoms with E-state index >= 15 is 0 Å². The topological polar surface area (TPSA) is 95.9 Å². The van der Waals surface area contributed by atoms with Crippen molar-refractivity contribution < 1.29 is 24.5 Å². The van der Waals surface area contributed by atoms with Crippen molar-refractivity contribution in [2.24, 2.45) is 0 Å². The summed E-state index contributed by atoms with van der Waals surface area (Å²) in [5.74, 6) is -0.0336. The summed E-state index contributed by atoms with van der Waals surface area (Å²) in [4.78, 5) is 24.6. The van der Waals surface area contributed by atoms with E-state index in [1.807, 2.05) is 0 Å². The van der Waals surface area contributed by atoms with E-state index in [1.165, 1.54) is 283 Å². The van der Waals surface area contributed by atoms with Crippen LogP contribution in [0.2, 0.25) is 0 Å². The fourth-order valence-corrected chi connectivity index (χ4v) is 10.5. The van der Waals surface area contributed by atoms with Crippen molar-refractivity contribution in [3.8, 4) is 0 Å². The van der Waals surface area contributed by atoms with Gasteiger partial charge in [-0.2, -0.15) is 0 Å². The predicted octanol–water partition coefficient (Wildman–Crippen LogP) is 21.5. The Balaban J connectivity index is 3.42. The number of nitrogens with one attached hydrogen (secondary N) is 1. The summed E-state index contributed by atoms with van der Waals surface area (Å²) in [5, 5.41) is 23.4. The largest absolute Gasteiger partial charge is 0.466 e. The van der Waals surface area contributed by atoms with Gasteiger partial charge in [0, 0.05) is 12.8 Å². The van der Waals surface area contributed by atoms with E-state index in [1.54, 1.807) is 0 Å². The zero-order valence-corrected chi connectivity index (χ0v) is 50.5. The molecule has 2 atom stereocenters. The molecule has 0 radical (unpaired) electrons. The van der Waals surface area contributed by atoms with Crippen LogP contribution in [0, 0.1) is 0 Å². The summed E-state index contributed by atoms with van der Waals surface area (Å²) in [6, 6.07) is -0.545. The Kier molecular flexibility index (Phi) is 63.0. The number of ether oxygens (including phenoxy) is 1. The number of rotatable bonds is 63. The molecule has 1 amide bonds. The molecule has 0 rings (SSSR count). The zero-order chi connectivity index (χ0) is 54.3. The highest BCUT2D eigenvalue weighted by molar-refractivity contribution is 5.76. The molecule has 0 aromatic rings. The van der Waals surface area contributed by atoms with E-state index in [9.17, 15) is 19.8 Å². The van der Waals surface area contributed by atoms with Gasteiger partial charge in [0.15, 0.2) is 0 Å². The van der Waals surface area contributed by atoms with E-state index in [-0.39, 0.29) is 18.5 Å². The molecular formula is C69H131NO5. The first kappa shape index (κ1) is 73.1. The molecule has 0 spiro atoms.